The van der Waals surface area contributed by atoms with Gasteiger partial charge in [-0.1, -0.05) is 0 Å². The Morgan fingerprint density at radius 3 is 2.75 bits per heavy atom. The number of nitrogens with zero attached hydrogens (tertiary/aromatic N) is 2. The Bertz CT molecular complexity index is 416. The van der Waals surface area contributed by atoms with Crippen LogP contribution >= 0.6 is 15.9 Å². The van der Waals surface area contributed by atoms with Gasteiger partial charge in [0.25, 0.3) is 5.91 Å². The zero-order valence-corrected chi connectivity index (χ0v) is 10.8. The van der Waals surface area contributed by atoms with Gasteiger partial charge in [0.1, 0.15) is 0 Å². The summed E-state index contributed by atoms with van der Waals surface area (Å²) < 4.78 is 6.33. The van der Waals surface area contributed by atoms with E-state index in [1.807, 2.05) is 0 Å². The lowest BCUT2D eigenvalue weighted by atomic mass is 10.2. The highest BCUT2D eigenvalue weighted by Gasteiger charge is 2.26. The quantitative estimate of drug-likeness (QED) is 0.854. The second-order valence-electron chi connectivity index (χ2n) is 4.02. The number of aromatic nitrogens is 1. The number of ether oxygens (including phenoxy) is 1. The van der Waals surface area contributed by atoms with Crippen LogP contribution in [0.5, 0.6) is 5.75 Å². The number of amides is 1. The van der Waals surface area contributed by atoms with Crippen LogP contribution in [0.1, 0.15) is 23.2 Å². The van der Waals surface area contributed by atoms with Crippen LogP contribution in [0.4, 0.5) is 0 Å². The standard InChI is InChI=1S/C11H13BrN2O2/c1-14(2)11(15)8-5-13-6-9(10(8)12)16-7-3-4-7/h5-7H,3-4H2,1-2H3. The van der Waals surface area contributed by atoms with E-state index < -0.39 is 0 Å². The largest absolute Gasteiger partial charge is 0.488 e. The van der Waals surface area contributed by atoms with Crippen LogP contribution in [0.25, 0.3) is 0 Å². The summed E-state index contributed by atoms with van der Waals surface area (Å²) >= 11 is 3.39. The minimum atomic E-state index is -0.0828. The monoisotopic (exact) mass is 284 g/mol. The first-order valence-electron chi connectivity index (χ1n) is 5.11. The summed E-state index contributed by atoms with van der Waals surface area (Å²) in [7, 11) is 3.42. The van der Waals surface area contributed by atoms with E-state index in [0.29, 0.717) is 21.9 Å². The predicted molar refractivity (Wildman–Crippen MR) is 63.6 cm³/mol. The van der Waals surface area contributed by atoms with Crippen molar-refractivity contribution in [2.45, 2.75) is 18.9 Å². The van der Waals surface area contributed by atoms with Crippen molar-refractivity contribution in [1.29, 1.82) is 0 Å². The molecule has 0 bridgehead atoms. The lowest BCUT2D eigenvalue weighted by molar-refractivity contribution is 0.0825. The van der Waals surface area contributed by atoms with Gasteiger partial charge in [0, 0.05) is 20.3 Å². The van der Waals surface area contributed by atoms with E-state index >= 15 is 0 Å². The van der Waals surface area contributed by atoms with Gasteiger partial charge in [0.05, 0.1) is 22.3 Å². The molecule has 1 saturated carbocycles. The van der Waals surface area contributed by atoms with E-state index in [9.17, 15) is 4.79 Å². The van der Waals surface area contributed by atoms with Gasteiger partial charge in [0.15, 0.2) is 5.75 Å². The molecule has 16 heavy (non-hydrogen) atoms. The molecule has 1 heterocycles. The first-order chi connectivity index (χ1) is 7.59. The third-order valence-corrected chi connectivity index (χ3v) is 3.12. The fraction of sp³-hybridized carbons (Fsp3) is 0.455. The van der Waals surface area contributed by atoms with Crippen molar-refractivity contribution in [2.75, 3.05) is 14.1 Å². The third-order valence-electron chi connectivity index (χ3n) is 2.30. The number of hydrogen-bond donors (Lipinski definition) is 0. The molecule has 0 radical (unpaired) electrons. The maximum atomic E-state index is 11.8. The maximum absolute atomic E-state index is 11.8. The Hall–Kier alpha value is -1.10. The molecule has 0 spiro atoms. The van der Waals surface area contributed by atoms with Crippen LogP contribution in [0.3, 0.4) is 0 Å². The molecule has 4 nitrogen and oxygen atoms in total. The van der Waals surface area contributed by atoms with Gasteiger partial charge in [0.2, 0.25) is 0 Å². The van der Waals surface area contributed by atoms with Crippen LogP contribution in [0.15, 0.2) is 16.9 Å². The third kappa shape index (κ3) is 2.35. The molecule has 1 aliphatic rings. The second-order valence-corrected chi connectivity index (χ2v) is 4.81. The van der Waals surface area contributed by atoms with E-state index in [-0.39, 0.29) is 5.91 Å². The summed E-state index contributed by atoms with van der Waals surface area (Å²) in [6.07, 6.45) is 5.64. The Balaban J connectivity index is 2.27. The molecule has 5 heteroatoms. The Morgan fingerprint density at radius 1 is 1.50 bits per heavy atom. The molecule has 0 aliphatic heterocycles. The van der Waals surface area contributed by atoms with Crippen LogP contribution in [0.2, 0.25) is 0 Å². The zero-order chi connectivity index (χ0) is 11.7. The average Bonchev–Trinajstić information content (AvgIpc) is 3.04. The lowest BCUT2D eigenvalue weighted by Crippen LogP contribution is -2.22. The summed E-state index contributed by atoms with van der Waals surface area (Å²) in [6, 6.07) is 0. The van der Waals surface area contributed by atoms with Crippen LogP contribution < -0.4 is 4.74 Å². The van der Waals surface area contributed by atoms with Gasteiger partial charge in [-0.2, -0.15) is 0 Å². The number of rotatable bonds is 3. The molecule has 0 atom stereocenters. The molecular formula is C11H13BrN2O2. The van der Waals surface area contributed by atoms with E-state index in [1.165, 1.54) is 4.90 Å². The first-order valence-corrected chi connectivity index (χ1v) is 5.90. The highest BCUT2D eigenvalue weighted by Crippen LogP contribution is 2.33. The Labute approximate surface area is 103 Å². The molecule has 2 rings (SSSR count). The number of pyridine rings is 1. The van der Waals surface area contributed by atoms with Gasteiger partial charge in [-0.3, -0.25) is 9.78 Å². The molecule has 86 valence electrons. The smallest absolute Gasteiger partial charge is 0.256 e. The van der Waals surface area contributed by atoms with Crippen LogP contribution in [0, 0.1) is 0 Å². The topological polar surface area (TPSA) is 42.4 Å². The number of halogens is 1. The van der Waals surface area contributed by atoms with Gasteiger partial charge >= 0.3 is 0 Å². The molecule has 0 N–H and O–H groups in total. The number of hydrogen-bond acceptors (Lipinski definition) is 3. The van der Waals surface area contributed by atoms with Crippen LogP contribution in [-0.2, 0) is 0 Å². The van der Waals surface area contributed by atoms with Crippen molar-refractivity contribution >= 4 is 21.8 Å². The van der Waals surface area contributed by atoms with E-state index in [0.717, 1.165) is 12.8 Å². The maximum Gasteiger partial charge on any atom is 0.256 e. The highest BCUT2D eigenvalue weighted by atomic mass is 79.9. The van der Waals surface area contributed by atoms with E-state index in [4.69, 9.17) is 4.74 Å². The zero-order valence-electron chi connectivity index (χ0n) is 9.24. The highest BCUT2D eigenvalue weighted by molar-refractivity contribution is 9.10. The van der Waals surface area contributed by atoms with Crippen LogP contribution in [-0.4, -0.2) is 36.0 Å². The van der Waals surface area contributed by atoms with Crippen molar-refractivity contribution < 1.29 is 9.53 Å². The molecule has 0 unspecified atom stereocenters. The molecule has 1 fully saturated rings. The lowest BCUT2D eigenvalue weighted by Gasteiger charge is -2.13. The molecule has 0 aromatic carbocycles. The second kappa shape index (κ2) is 4.41. The molecule has 1 amide bonds. The summed E-state index contributed by atoms with van der Waals surface area (Å²) in [6.45, 7) is 0. The molecule has 0 saturated heterocycles. The fourth-order valence-electron chi connectivity index (χ4n) is 1.26. The normalized spacial score (nSPS) is 14.7. The Morgan fingerprint density at radius 2 is 2.19 bits per heavy atom. The van der Waals surface area contributed by atoms with Crippen molar-refractivity contribution in [3.05, 3.63) is 22.4 Å². The van der Waals surface area contributed by atoms with Crippen molar-refractivity contribution in [1.82, 2.24) is 9.88 Å². The van der Waals surface area contributed by atoms with E-state index in [2.05, 4.69) is 20.9 Å². The van der Waals surface area contributed by atoms with Gasteiger partial charge in [-0.25, -0.2) is 0 Å². The number of carbonyl (C=O) groups excluding carboxylic acids is 1. The van der Waals surface area contributed by atoms with E-state index in [1.54, 1.807) is 26.5 Å². The Kier molecular flexibility index (Phi) is 3.14. The van der Waals surface area contributed by atoms with Gasteiger partial charge < -0.3 is 9.64 Å². The summed E-state index contributed by atoms with van der Waals surface area (Å²) in [5.41, 5.74) is 0.531. The minimum absolute atomic E-state index is 0.0828. The molecule has 1 aromatic rings. The summed E-state index contributed by atoms with van der Waals surface area (Å²) in [5, 5.41) is 0. The van der Waals surface area contributed by atoms with Gasteiger partial charge in [-0.15, -0.1) is 0 Å². The van der Waals surface area contributed by atoms with Crippen molar-refractivity contribution in [3.8, 4) is 5.75 Å². The number of carbonyl (C=O) groups is 1. The first kappa shape index (κ1) is 11.4. The van der Waals surface area contributed by atoms with Gasteiger partial charge in [-0.05, 0) is 28.8 Å². The SMILES string of the molecule is CN(C)C(=O)c1cncc(OC2CC2)c1Br. The fourth-order valence-corrected chi connectivity index (χ4v) is 1.73. The summed E-state index contributed by atoms with van der Waals surface area (Å²) in [5.74, 6) is 0.566. The van der Waals surface area contributed by atoms with Crippen molar-refractivity contribution in [2.24, 2.45) is 0 Å². The molecule has 1 aromatic heterocycles. The minimum Gasteiger partial charge on any atom is -0.488 e. The van der Waals surface area contributed by atoms with Crippen molar-refractivity contribution in [3.63, 3.8) is 0 Å². The summed E-state index contributed by atoms with van der Waals surface area (Å²) in [4.78, 5) is 17.4. The molecular weight excluding hydrogens is 272 g/mol. The molecule has 1 aliphatic carbocycles. The predicted octanol–water partition coefficient (Wildman–Crippen LogP) is 2.09. The average molecular weight is 285 g/mol.